The second-order valence-corrected chi connectivity index (χ2v) is 7.07. The van der Waals surface area contributed by atoms with Crippen molar-refractivity contribution in [3.8, 4) is 0 Å². The second kappa shape index (κ2) is 6.84. The monoisotopic (exact) mass is 306 g/mol. The maximum atomic E-state index is 5.06. The summed E-state index contributed by atoms with van der Waals surface area (Å²) in [6, 6.07) is 15.9. The van der Waals surface area contributed by atoms with Crippen molar-refractivity contribution < 1.29 is 0 Å². The van der Waals surface area contributed by atoms with Crippen molar-refractivity contribution in [3.63, 3.8) is 0 Å². The summed E-state index contributed by atoms with van der Waals surface area (Å²) in [4.78, 5) is 7.65. The number of rotatable bonds is 3. The molecule has 0 unspecified atom stereocenters. The molecule has 1 saturated heterocycles. The topological polar surface area (TPSA) is 15.6 Å². The molecular formula is C21H26N2. The van der Waals surface area contributed by atoms with Crippen LogP contribution in [-0.4, -0.2) is 29.7 Å². The van der Waals surface area contributed by atoms with E-state index in [4.69, 9.17) is 4.99 Å². The summed E-state index contributed by atoms with van der Waals surface area (Å²) >= 11 is 0. The van der Waals surface area contributed by atoms with E-state index in [1.165, 1.54) is 67.1 Å². The maximum Gasteiger partial charge on any atom is 0.0638 e. The zero-order valence-corrected chi connectivity index (χ0v) is 13.9. The van der Waals surface area contributed by atoms with Gasteiger partial charge in [0.2, 0.25) is 0 Å². The van der Waals surface area contributed by atoms with Gasteiger partial charge in [0, 0.05) is 25.3 Å². The molecular weight excluding hydrogens is 280 g/mol. The summed E-state index contributed by atoms with van der Waals surface area (Å²) in [6.45, 7) is 3.38. The number of hydrogen-bond acceptors (Lipinski definition) is 2. The molecule has 2 aliphatic rings. The van der Waals surface area contributed by atoms with Gasteiger partial charge < -0.3 is 0 Å². The number of benzene rings is 2. The Hall–Kier alpha value is -1.67. The predicted molar refractivity (Wildman–Crippen MR) is 98.2 cm³/mol. The fraction of sp³-hybridized carbons (Fsp3) is 0.476. The summed E-state index contributed by atoms with van der Waals surface area (Å²) in [6.07, 6.45) is 7.83. The van der Waals surface area contributed by atoms with Gasteiger partial charge in [-0.1, -0.05) is 48.9 Å². The molecule has 0 bridgehead atoms. The summed E-state index contributed by atoms with van der Waals surface area (Å²) in [5.74, 6) is 0. The summed E-state index contributed by atoms with van der Waals surface area (Å²) in [5, 5.41) is 2.75. The normalized spacial score (nSPS) is 22.6. The molecule has 0 aromatic heterocycles. The third kappa shape index (κ3) is 3.48. The first-order valence-electron chi connectivity index (χ1n) is 9.13. The summed E-state index contributed by atoms with van der Waals surface area (Å²) in [7, 11) is 0. The quantitative estimate of drug-likeness (QED) is 0.794. The Kier molecular flexibility index (Phi) is 4.43. The van der Waals surface area contributed by atoms with E-state index in [0.717, 1.165) is 13.1 Å². The molecule has 1 heterocycles. The van der Waals surface area contributed by atoms with Crippen LogP contribution in [0.3, 0.4) is 0 Å². The Morgan fingerprint density at radius 3 is 2.70 bits per heavy atom. The minimum absolute atomic E-state index is 0.540. The Balaban J connectivity index is 1.44. The molecule has 4 rings (SSSR count). The molecule has 2 aromatic rings. The van der Waals surface area contributed by atoms with Gasteiger partial charge in [0.25, 0.3) is 0 Å². The molecule has 120 valence electrons. The van der Waals surface area contributed by atoms with E-state index in [2.05, 4.69) is 47.4 Å². The van der Waals surface area contributed by atoms with E-state index in [1.54, 1.807) is 0 Å². The van der Waals surface area contributed by atoms with Crippen molar-refractivity contribution in [1.29, 1.82) is 0 Å². The largest absolute Gasteiger partial charge is 0.297 e. The van der Waals surface area contributed by atoms with Crippen LogP contribution in [0.15, 0.2) is 47.5 Å². The van der Waals surface area contributed by atoms with E-state index in [0.29, 0.717) is 6.04 Å². The highest BCUT2D eigenvalue weighted by Gasteiger charge is 2.23. The lowest BCUT2D eigenvalue weighted by Crippen LogP contribution is -2.22. The van der Waals surface area contributed by atoms with Crippen LogP contribution in [0, 0.1) is 0 Å². The van der Waals surface area contributed by atoms with Crippen molar-refractivity contribution in [2.24, 2.45) is 4.99 Å². The lowest BCUT2D eigenvalue weighted by Gasteiger charge is -2.18. The fourth-order valence-corrected chi connectivity index (χ4v) is 4.08. The highest BCUT2D eigenvalue weighted by Crippen LogP contribution is 2.23. The first-order chi connectivity index (χ1) is 11.4. The second-order valence-electron chi connectivity index (χ2n) is 7.07. The molecule has 1 saturated carbocycles. The number of nitrogens with zero attached hydrogens (tertiary/aromatic N) is 2. The van der Waals surface area contributed by atoms with Crippen LogP contribution in [0.1, 0.15) is 44.1 Å². The van der Waals surface area contributed by atoms with Crippen LogP contribution in [-0.2, 0) is 6.54 Å². The van der Waals surface area contributed by atoms with Crippen molar-refractivity contribution in [2.75, 3.05) is 13.1 Å². The van der Waals surface area contributed by atoms with E-state index < -0.39 is 0 Å². The molecule has 23 heavy (non-hydrogen) atoms. The van der Waals surface area contributed by atoms with Crippen molar-refractivity contribution in [3.05, 3.63) is 48.0 Å². The maximum absolute atomic E-state index is 5.06. The molecule has 0 spiro atoms. The Morgan fingerprint density at radius 1 is 0.957 bits per heavy atom. The number of aliphatic imine (C=N–C) groups is 1. The van der Waals surface area contributed by atoms with E-state index in [-0.39, 0.29) is 0 Å². The molecule has 0 radical (unpaired) electrons. The van der Waals surface area contributed by atoms with Crippen LogP contribution in [0.5, 0.6) is 0 Å². The van der Waals surface area contributed by atoms with Gasteiger partial charge in [-0.25, -0.2) is 0 Å². The first-order valence-corrected chi connectivity index (χ1v) is 9.13. The first kappa shape index (κ1) is 14.9. The molecule has 0 N–H and O–H groups in total. The van der Waals surface area contributed by atoms with Gasteiger partial charge in [-0.3, -0.25) is 9.89 Å². The summed E-state index contributed by atoms with van der Waals surface area (Å²) in [5.41, 5.74) is 2.95. The van der Waals surface area contributed by atoms with Crippen molar-refractivity contribution in [2.45, 2.75) is 51.1 Å². The van der Waals surface area contributed by atoms with Crippen LogP contribution >= 0.6 is 0 Å². The fourth-order valence-electron chi connectivity index (χ4n) is 4.08. The summed E-state index contributed by atoms with van der Waals surface area (Å²) < 4.78 is 0. The average Bonchev–Trinajstić information content (AvgIpc) is 3.03. The van der Waals surface area contributed by atoms with Gasteiger partial charge in [-0.15, -0.1) is 0 Å². The molecule has 2 aromatic carbocycles. The van der Waals surface area contributed by atoms with E-state index >= 15 is 0 Å². The molecule has 2 heteroatoms. The Bertz CT molecular complexity index is 691. The SMILES string of the molecule is c1ccc2c(CN3CC[C@H](N=C4CCCCC4)C3)cccc2c1. The zero-order valence-electron chi connectivity index (χ0n) is 13.9. The minimum Gasteiger partial charge on any atom is -0.297 e. The molecule has 0 amide bonds. The smallest absolute Gasteiger partial charge is 0.0638 e. The van der Waals surface area contributed by atoms with Gasteiger partial charge in [0.15, 0.2) is 0 Å². The molecule has 1 aliphatic heterocycles. The van der Waals surface area contributed by atoms with Crippen LogP contribution < -0.4 is 0 Å². The number of likely N-dealkylation sites (tertiary alicyclic amines) is 1. The van der Waals surface area contributed by atoms with Crippen molar-refractivity contribution in [1.82, 2.24) is 4.90 Å². The van der Waals surface area contributed by atoms with E-state index in [9.17, 15) is 0 Å². The standard InChI is InChI=1S/C21H26N2/c1-2-10-19(11-3-1)22-20-13-14-23(16-20)15-18-9-6-8-17-7-4-5-12-21(17)18/h4-9,12,20H,1-3,10-11,13-16H2/t20-/m0/s1. The number of fused-ring (bicyclic) bond motifs is 1. The highest BCUT2D eigenvalue weighted by atomic mass is 15.2. The molecule has 2 nitrogen and oxygen atoms in total. The Morgan fingerprint density at radius 2 is 1.78 bits per heavy atom. The highest BCUT2D eigenvalue weighted by molar-refractivity contribution is 5.86. The minimum atomic E-state index is 0.540. The molecule has 1 aliphatic carbocycles. The van der Waals surface area contributed by atoms with Crippen LogP contribution in [0.25, 0.3) is 10.8 Å². The van der Waals surface area contributed by atoms with Crippen LogP contribution in [0.2, 0.25) is 0 Å². The Labute approximate surface area is 139 Å². The molecule has 2 fully saturated rings. The van der Waals surface area contributed by atoms with Gasteiger partial charge in [-0.05, 0) is 48.4 Å². The third-order valence-electron chi connectivity index (χ3n) is 5.32. The van der Waals surface area contributed by atoms with Gasteiger partial charge in [0.05, 0.1) is 6.04 Å². The number of hydrogen-bond donors (Lipinski definition) is 0. The molecule has 1 atom stereocenters. The van der Waals surface area contributed by atoms with Gasteiger partial charge >= 0.3 is 0 Å². The average molecular weight is 306 g/mol. The van der Waals surface area contributed by atoms with Crippen LogP contribution in [0.4, 0.5) is 0 Å². The zero-order chi connectivity index (χ0) is 15.5. The predicted octanol–water partition coefficient (Wildman–Crippen LogP) is 4.82. The lowest BCUT2D eigenvalue weighted by atomic mass is 9.98. The van der Waals surface area contributed by atoms with Gasteiger partial charge in [0.1, 0.15) is 0 Å². The van der Waals surface area contributed by atoms with E-state index in [1.807, 2.05) is 0 Å². The van der Waals surface area contributed by atoms with Crippen molar-refractivity contribution >= 4 is 16.5 Å². The third-order valence-corrected chi connectivity index (χ3v) is 5.32. The van der Waals surface area contributed by atoms with Gasteiger partial charge in [-0.2, -0.15) is 0 Å². The lowest BCUT2D eigenvalue weighted by molar-refractivity contribution is 0.328.